The van der Waals surface area contributed by atoms with E-state index in [1.54, 1.807) is 25.1 Å². The fourth-order valence-corrected chi connectivity index (χ4v) is 3.74. The zero-order chi connectivity index (χ0) is 19.0. The summed E-state index contributed by atoms with van der Waals surface area (Å²) in [7, 11) is 0. The van der Waals surface area contributed by atoms with Gasteiger partial charge in [-0.15, -0.1) is 0 Å². The molecule has 2 fully saturated rings. The summed E-state index contributed by atoms with van der Waals surface area (Å²) in [6, 6.07) is 4.67. The van der Waals surface area contributed by atoms with Gasteiger partial charge in [0.1, 0.15) is 31.3 Å². The first-order valence-electron chi connectivity index (χ1n) is 9.11. The maximum Gasteiger partial charge on any atom is 0.325 e. The Hall–Kier alpha value is -2.36. The van der Waals surface area contributed by atoms with E-state index in [4.69, 9.17) is 14.2 Å². The number of morpholine rings is 1. The smallest absolute Gasteiger partial charge is 0.325 e. The second-order valence-corrected chi connectivity index (χ2v) is 7.26. The number of imide groups is 1. The standard InChI is InChI=1S/C18H23N3O6/c1-18(12-2-3-14-15(8-12)27-11-26-14)16(23)21(17(24)19-18)10-13(22)9-20-4-6-25-7-5-20/h2-3,8,13,22H,4-7,9-11H2,1H3,(H,19,24)/p+1/t13-,18+/m0/s1. The highest BCUT2D eigenvalue weighted by Gasteiger charge is 2.50. The molecule has 3 N–H and O–H groups in total. The van der Waals surface area contributed by atoms with Crippen LogP contribution >= 0.6 is 0 Å². The molecule has 1 aromatic carbocycles. The molecule has 4 rings (SSSR count). The lowest BCUT2D eigenvalue weighted by Crippen LogP contribution is -3.15. The number of benzene rings is 1. The van der Waals surface area contributed by atoms with Crippen molar-refractivity contribution < 1.29 is 33.8 Å². The minimum atomic E-state index is -1.20. The summed E-state index contributed by atoms with van der Waals surface area (Å²) in [5.41, 5.74) is -0.593. The number of nitrogens with zero attached hydrogens (tertiary/aromatic N) is 1. The van der Waals surface area contributed by atoms with Gasteiger partial charge in [-0.1, -0.05) is 6.07 Å². The lowest BCUT2D eigenvalue weighted by Gasteiger charge is -2.27. The second-order valence-electron chi connectivity index (χ2n) is 7.26. The summed E-state index contributed by atoms with van der Waals surface area (Å²) < 4.78 is 16.0. The molecule has 3 amide bonds. The summed E-state index contributed by atoms with van der Waals surface area (Å²) in [5.74, 6) is 0.771. The van der Waals surface area contributed by atoms with Gasteiger partial charge in [-0.05, 0) is 24.6 Å². The highest BCUT2D eigenvalue weighted by molar-refractivity contribution is 6.07. The molecular weight excluding hydrogens is 354 g/mol. The Balaban J connectivity index is 1.46. The van der Waals surface area contributed by atoms with E-state index in [9.17, 15) is 14.7 Å². The SMILES string of the molecule is C[C@]1(c2ccc3c(c2)OCO3)NC(=O)N(C[C@@H](O)C[NH+]2CCOCC2)C1=O. The number of rotatable bonds is 5. The van der Waals surface area contributed by atoms with Crippen molar-refractivity contribution in [1.82, 2.24) is 10.2 Å². The minimum absolute atomic E-state index is 0.0326. The number of carbonyl (C=O) groups excluding carboxylic acids is 2. The topological polar surface area (TPSA) is 102 Å². The van der Waals surface area contributed by atoms with Crippen LogP contribution in [0.1, 0.15) is 12.5 Å². The molecular formula is C18H24N3O6+. The molecule has 0 radical (unpaired) electrons. The molecule has 0 aromatic heterocycles. The summed E-state index contributed by atoms with van der Waals surface area (Å²) in [4.78, 5) is 27.7. The highest BCUT2D eigenvalue weighted by Crippen LogP contribution is 2.37. The average Bonchev–Trinajstić information content (AvgIpc) is 3.21. The third-order valence-electron chi connectivity index (χ3n) is 5.34. The Morgan fingerprint density at radius 1 is 1.26 bits per heavy atom. The number of β-amino-alcohol motifs (C(OH)–C–C–N with tert-alkyl or cyclic N) is 1. The molecule has 0 spiro atoms. The van der Waals surface area contributed by atoms with Gasteiger partial charge in [0.15, 0.2) is 11.5 Å². The fraction of sp³-hybridized carbons (Fsp3) is 0.556. The zero-order valence-electron chi connectivity index (χ0n) is 15.2. The molecule has 2 saturated heterocycles. The van der Waals surface area contributed by atoms with E-state index < -0.39 is 17.7 Å². The number of carbonyl (C=O) groups is 2. The van der Waals surface area contributed by atoms with Gasteiger partial charge >= 0.3 is 6.03 Å². The molecule has 0 saturated carbocycles. The van der Waals surface area contributed by atoms with E-state index in [-0.39, 0.29) is 19.2 Å². The van der Waals surface area contributed by atoms with Crippen LogP contribution in [0.25, 0.3) is 0 Å². The van der Waals surface area contributed by atoms with Crippen molar-refractivity contribution in [2.45, 2.75) is 18.6 Å². The van der Waals surface area contributed by atoms with Gasteiger partial charge in [-0.2, -0.15) is 0 Å². The van der Waals surface area contributed by atoms with Crippen LogP contribution in [0, 0.1) is 0 Å². The number of fused-ring (bicyclic) bond motifs is 1. The third-order valence-corrected chi connectivity index (χ3v) is 5.34. The van der Waals surface area contributed by atoms with E-state index in [1.165, 1.54) is 4.90 Å². The maximum absolute atomic E-state index is 13.0. The van der Waals surface area contributed by atoms with Crippen LogP contribution in [-0.2, 0) is 15.1 Å². The fourth-order valence-electron chi connectivity index (χ4n) is 3.74. The first-order valence-corrected chi connectivity index (χ1v) is 9.11. The lowest BCUT2D eigenvalue weighted by molar-refractivity contribution is -0.910. The lowest BCUT2D eigenvalue weighted by atomic mass is 9.91. The van der Waals surface area contributed by atoms with Crippen molar-refractivity contribution in [2.24, 2.45) is 0 Å². The molecule has 27 heavy (non-hydrogen) atoms. The number of urea groups is 1. The molecule has 0 bridgehead atoms. The van der Waals surface area contributed by atoms with Gasteiger partial charge in [0.05, 0.1) is 19.8 Å². The molecule has 3 aliphatic heterocycles. The van der Waals surface area contributed by atoms with Gasteiger partial charge in [0.25, 0.3) is 5.91 Å². The molecule has 2 atom stereocenters. The number of amides is 3. The quantitative estimate of drug-likeness (QED) is 0.537. The summed E-state index contributed by atoms with van der Waals surface area (Å²) >= 11 is 0. The maximum atomic E-state index is 13.0. The predicted molar refractivity (Wildman–Crippen MR) is 92.6 cm³/mol. The molecule has 146 valence electrons. The van der Waals surface area contributed by atoms with E-state index in [0.29, 0.717) is 36.8 Å². The predicted octanol–water partition coefficient (Wildman–Crippen LogP) is -1.54. The molecule has 9 nitrogen and oxygen atoms in total. The van der Waals surface area contributed by atoms with E-state index >= 15 is 0 Å². The van der Waals surface area contributed by atoms with Crippen LogP contribution in [-0.4, -0.2) is 74.2 Å². The van der Waals surface area contributed by atoms with Gasteiger partial charge in [0.2, 0.25) is 6.79 Å². The van der Waals surface area contributed by atoms with E-state index in [2.05, 4.69) is 5.32 Å². The molecule has 3 heterocycles. The Labute approximate surface area is 156 Å². The van der Waals surface area contributed by atoms with Crippen molar-refractivity contribution in [3.05, 3.63) is 23.8 Å². The highest BCUT2D eigenvalue weighted by atomic mass is 16.7. The monoisotopic (exact) mass is 378 g/mol. The second kappa shape index (κ2) is 6.99. The van der Waals surface area contributed by atoms with Gasteiger partial charge < -0.3 is 29.5 Å². The van der Waals surface area contributed by atoms with Gasteiger partial charge in [-0.3, -0.25) is 9.69 Å². The zero-order valence-corrected chi connectivity index (χ0v) is 15.2. The van der Waals surface area contributed by atoms with Crippen LogP contribution in [0.15, 0.2) is 18.2 Å². The Morgan fingerprint density at radius 2 is 2.00 bits per heavy atom. The molecule has 9 heteroatoms. The normalized spacial score (nSPS) is 26.4. The van der Waals surface area contributed by atoms with Crippen molar-refractivity contribution in [3.63, 3.8) is 0 Å². The average molecular weight is 378 g/mol. The number of nitrogens with one attached hydrogen (secondary N) is 2. The summed E-state index contributed by atoms with van der Waals surface area (Å²) in [6.07, 6.45) is -0.785. The van der Waals surface area contributed by atoms with Crippen LogP contribution in [0.2, 0.25) is 0 Å². The Morgan fingerprint density at radius 3 is 2.78 bits per heavy atom. The molecule has 0 aliphatic carbocycles. The first kappa shape index (κ1) is 18.0. The number of aliphatic hydroxyl groups is 1. The number of quaternary nitrogens is 1. The van der Waals surface area contributed by atoms with Crippen LogP contribution in [0.5, 0.6) is 11.5 Å². The van der Waals surface area contributed by atoms with Gasteiger partial charge in [0, 0.05) is 0 Å². The van der Waals surface area contributed by atoms with Crippen LogP contribution in [0.3, 0.4) is 0 Å². The Bertz CT molecular complexity index is 751. The molecule has 1 aromatic rings. The number of aliphatic hydroxyl groups excluding tert-OH is 1. The van der Waals surface area contributed by atoms with Crippen molar-refractivity contribution in [1.29, 1.82) is 0 Å². The molecule has 0 unspecified atom stereocenters. The number of ether oxygens (including phenoxy) is 3. The third kappa shape index (κ3) is 3.33. The summed E-state index contributed by atoms with van der Waals surface area (Å²) in [6.45, 7) is 5.18. The van der Waals surface area contributed by atoms with Gasteiger partial charge in [-0.25, -0.2) is 4.79 Å². The van der Waals surface area contributed by atoms with E-state index in [1.807, 2.05) is 0 Å². The first-order chi connectivity index (χ1) is 13.0. The number of hydrogen-bond acceptors (Lipinski definition) is 6. The summed E-state index contributed by atoms with van der Waals surface area (Å²) in [5, 5.41) is 13.1. The molecule has 3 aliphatic rings. The van der Waals surface area contributed by atoms with E-state index in [0.717, 1.165) is 18.0 Å². The number of hydrogen-bond donors (Lipinski definition) is 3. The Kier molecular flexibility index (Phi) is 4.67. The van der Waals surface area contributed by atoms with Crippen LogP contribution < -0.4 is 19.7 Å². The largest absolute Gasteiger partial charge is 0.454 e. The van der Waals surface area contributed by atoms with Crippen molar-refractivity contribution >= 4 is 11.9 Å². The van der Waals surface area contributed by atoms with Crippen molar-refractivity contribution in [3.8, 4) is 11.5 Å². The minimum Gasteiger partial charge on any atom is -0.454 e. The van der Waals surface area contributed by atoms with Crippen molar-refractivity contribution in [2.75, 3.05) is 46.2 Å². The van der Waals surface area contributed by atoms with Crippen LogP contribution in [0.4, 0.5) is 4.79 Å².